The van der Waals surface area contributed by atoms with Gasteiger partial charge in [0.1, 0.15) is 0 Å². The van der Waals surface area contributed by atoms with Crippen LogP contribution in [0.5, 0.6) is 0 Å². The molecule has 1 atom stereocenters. The summed E-state index contributed by atoms with van der Waals surface area (Å²) in [5.41, 5.74) is 8.04. The van der Waals surface area contributed by atoms with Gasteiger partial charge in [-0.1, -0.05) is 67.5 Å². The van der Waals surface area contributed by atoms with E-state index in [9.17, 15) is 0 Å². The summed E-state index contributed by atoms with van der Waals surface area (Å²) in [5, 5.41) is 3.69. The molecule has 1 unspecified atom stereocenters. The molecule has 2 aromatic rings. The fraction of sp³-hybridized carbons (Fsp3) is 0.333. The highest BCUT2D eigenvalue weighted by molar-refractivity contribution is 5.74. The molecule has 0 fully saturated rings. The molecule has 0 saturated heterocycles. The van der Waals surface area contributed by atoms with Crippen molar-refractivity contribution in [2.45, 2.75) is 40.2 Å². The molecule has 1 nitrogen and oxygen atoms in total. The summed E-state index contributed by atoms with van der Waals surface area (Å²) in [6.45, 7) is 8.88. The normalized spacial score (nSPS) is 16.5. The van der Waals surface area contributed by atoms with Gasteiger partial charge in [-0.3, -0.25) is 0 Å². The zero-order chi connectivity index (χ0) is 15.7. The summed E-state index contributed by atoms with van der Waals surface area (Å²) in [6, 6.07) is 13.7. The van der Waals surface area contributed by atoms with E-state index in [1.165, 1.54) is 33.5 Å². The molecule has 2 aromatic carbocycles. The van der Waals surface area contributed by atoms with Crippen molar-refractivity contribution < 1.29 is 0 Å². The lowest BCUT2D eigenvalue weighted by molar-refractivity contribution is 0.646. The van der Waals surface area contributed by atoms with Gasteiger partial charge in [-0.2, -0.15) is 0 Å². The molecule has 1 heteroatoms. The van der Waals surface area contributed by atoms with Gasteiger partial charge in [-0.25, -0.2) is 0 Å². The Morgan fingerprint density at radius 2 is 1.77 bits per heavy atom. The molecule has 114 valence electrons. The lowest BCUT2D eigenvalue weighted by Crippen LogP contribution is -2.14. The van der Waals surface area contributed by atoms with Gasteiger partial charge in [0.05, 0.1) is 6.04 Å². The fourth-order valence-electron chi connectivity index (χ4n) is 3.35. The highest BCUT2D eigenvalue weighted by atomic mass is 14.9. The van der Waals surface area contributed by atoms with Crippen LogP contribution in [0.3, 0.4) is 0 Å². The maximum absolute atomic E-state index is 3.69. The Kier molecular flexibility index (Phi) is 4.06. The highest BCUT2D eigenvalue weighted by Gasteiger charge is 2.17. The number of hydrogen-bond donors (Lipinski definition) is 1. The molecule has 22 heavy (non-hydrogen) atoms. The van der Waals surface area contributed by atoms with E-state index in [-0.39, 0.29) is 6.04 Å². The van der Waals surface area contributed by atoms with Gasteiger partial charge in [0.25, 0.3) is 0 Å². The predicted octanol–water partition coefficient (Wildman–Crippen LogP) is 5.68. The molecule has 0 spiro atoms. The average molecular weight is 291 g/mol. The van der Waals surface area contributed by atoms with Gasteiger partial charge in [0.2, 0.25) is 0 Å². The second-order valence-electron chi connectivity index (χ2n) is 6.88. The Balaban J connectivity index is 1.93. The van der Waals surface area contributed by atoms with Gasteiger partial charge in [-0.05, 0) is 43.4 Å². The van der Waals surface area contributed by atoms with Crippen molar-refractivity contribution in [3.63, 3.8) is 0 Å². The molecule has 0 bridgehead atoms. The fourth-order valence-corrected chi connectivity index (χ4v) is 3.35. The van der Waals surface area contributed by atoms with Gasteiger partial charge in [-0.15, -0.1) is 0 Å². The van der Waals surface area contributed by atoms with E-state index in [1.807, 2.05) is 0 Å². The minimum Gasteiger partial charge on any atom is -0.374 e. The SMILES string of the molecule is Cc1cc(C)cc(C2C=Cc3c(CC(C)C)cccc3N2)c1. The van der Waals surface area contributed by atoms with E-state index in [2.05, 4.69) is 81.6 Å². The van der Waals surface area contributed by atoms with Crippen LogP contribution in [-0.2, 0) is 6.42 Å². The number of rotatable bonds is 3. The third-order valence-corrected chi connectivity index (χ3v) is 4.19. The zero-order valence-electron chi connectivity index (χ0n) is 14.0. The van der Waals surface area contributed by atoms with Crippen molar-refractivity contribution in [3.8, 4) is 0 Å². The van der Waals surface area contributed by atoms with Gasteiger partial charge in [0, 0.05) is 11.3 Å². The van der Waals surface area contributed by atoms with Crippen LogP contribution in [0.4, 0.5) is 5.69 Å². The molecule has 1 heterocycles. The second kappa shape index (κ2) is 6.00. The summed E-state index contributed by atoms with van der Waals surface area (Å²) < 4.78 is 0. The number of nitrogens with one attached hydrogen (secondary N) is 1. The largest absolute Gasteiger partial charge is 0.374 e. The van der Waals surface area contributed by atoms with Crippen molar-refractivity contribution >= 4 is 11.8 Å². The van der Waals surface area contributed by atoms with Crippen molar-refractivity contribution in [3.05, 3.63) is 70.3 Å². The first kappa shape index (κ1) is 14.9. The standard InChI is InChI=1S/C21H25N/c1-14(2)10-17-6-5-7-21-19(17)8-9-20(22-21)18-12-15(3)11-16(4)13-18/h5-9,11-14,20,22H,10H2,1-4H3. The maximum atomic E-state index is 3.69. The Bertz CT molecular complexity index is 690. The second-order valence-corrected chi connectivity index (χ2v) is 6.88. The molecule has 0 aromatic heterocycles. The third-order valence-electron chi connectivity index (χ3n) is 4.19. The van der Waals surface area contributed by atoms with E-state index in [0.717, 1.165) is 6.42 Å². The molecule has 1 N–H and O–H groups in total. The Labute approximate surface area is 134 Å². The van der Waals surface area contributed by atoms with Crippen molar-refractivity contribution in [2.75, 3.05) is 5.32 Å². The van der Waals surface area contributed by atoms with Gasteiger partial charge < -0.3 is 5.32 Å². The summed E-state index contributed by atoms with van der Waals surface area (Å²) in [6.07, 6.45) is 5.72. The van der Waals surface area contributed by atoms with E-state index < -0.39 is 0 Å². The number of fused-ring (bicyclic) bond motifs is 1. The first-order valence-corrected chi connectivity index (χ1v) is 8.18. The molecule has 1 aliphatic rings. The Morgan fingerprint density at radius 1 is 1.05 bits per heavy atom. The van der Waals surface area contributed by atoms with Crippen LogP contribution in [0.25, 0.3) is 6.08 Å². The zero-order valence-corrected chi connectivity index (χ0v) is 14.0. The summed E-state index contributed by atoms with van der Waals surface area (Å²) in [7, 11) is 0. The van der Waals surface area contributed by atoms with Gasteiger partial charge in [0.15, 0.2) is 0 Å². The van der Waals surface area contributed by atoms with Crippen LogP contribution in [-0.4, -0.2) is 0 Å². The first-order valence-electron chi connectivity index (χ1n) is 8.18. The van der Waals surface area contributed by atoms with Crippen LogP contribution < -0.4 is 5.32 Å². The van der Waals surface area contributed by atoms with Crippen LogP contribution in [0.1, 0.15) is 47.7 Å². The van der Waals surface area contributed by atoms with Gasteiger partial charge >= 0.3 is 0 Å². The average Bonchev–Trinajstić information content (AvgIpc) is 2.45. The van der Waals surface area contributed by atoms with E-state index in [1.54, 1.807) is 0 Å². The smallest absolute Gasteiger partial charge is 0.0701 e. The van der Waals surface area contributed by atoms with Crippen LogP contribution in [0.15, 0.2) is 42.5 Å². The minimum absolute atomic E-state index is 0.264. The first-order chi connectivity index (χ1) is 10.5. The molecule has 1 aliphatic heterocycles. The monoisotopic (exact) mass is 291 g/mol. The van der Waals surface area contributed by atoms with Crippen LogP contribution in [0, 0.1) is 19.8 Å². The van der Waals surface area contributed by atoms with Crippen molar-refractivity contribution in [1.29, 1.82) is 0 Å². The van der Waals surface area contributed by atoms with Crippen molar-refractivity contribution in [2.24, 2.45) is 5.92 Å². The Hall–Kier alpha value is -2.02. The summed E-state index contributed by atoms with van der Waals surface area (Å²) >= 11 is 0. The third kappa shape index (κ3) is 3.09. The molecule has 0 saturated carbocycles. The number of aryl methyl sites for hydroxylation is 2. The lowest BCUT2D eigenvalue weighted by Gasteiger charge is -2.25. The molecule has 0 radical (unpaired) electrons. The molecular weight excluding hydrogens is 266 g/mol. The maximum Gasteiger partial charge on any atom is 0.0701 e. The van der Waals surface area contributed by atoms with Crippen LogP contribution in [0.2, 0.25) is 0 Å². The van der Waals surface area contributed by atoms with E-state index >= 15 is 0 Å². The quantitative estimate of drug-likeness (QED) is 0.767. The van der Waals surface area contributed by atoms with E-state index in [4.69, 9.17) is 0 Å². The van der Waals surface area contributed by atoms with Crippen molar-refractivity contribution in [1.82, 2.24) is 0 Å². The Morgan fingerprint density at radius 3 is 2.45 bits per heavy atom. The highest BCUT2D eigenvalue weighted by Crippen LogP contribution is 2.33. The number of anilines is 1. The summed E-state index contributed by atoms with van der Waals surface area (Å²) in [4.78, 5) is 0. The number of benzene rings is 2. The summed E-state index contributed by atoms with van der Waals surface area (Å²) in [5.74, 6) is 0.678. The number of hydrogen-bond acceptors (Lipinski definition) is 1. The van der Waals surface area contributed by atoms with Crippen LogP contribution >= 0.6 is 0 Å². The predicted molar refractivity (Wildman–Crippen MR) is 96.3 cm³/mol. The minimum atomic E-state index is 0.264. The molecule has 0 aliphatic carbocycles. The van der Waals surface area contributed by atoms with E-state index in [0.29, 0.717) is 5.92 Å². The molecule has 0 amide bonds. The molecule has 3 rings (SSSR count). The lowest BCUT2D eigenvalue weighted by atomic mass is 9.92. The topological polar surface area (TPSA) is 12.0 Å². The molecular formula is C21H25N.